The first-order valence-electron chi connectivity index (χ1n) is 19.2. The highest BCUT2D eigenvalue weighted by Crippen LogP contribution is 2.58. The summed E-state index contributed by atoms with van der Waals surface area (Å²) < 4.78 is 12.7. The molecule has 3 aromatic heterocycles. The van der Waals surface area contributed by atoms with Gasteiger partial charge in [0.25, 0.3) is 0 Å². The molecule has 0 unspecified atom stereocenters. The highest BCUT2D eigenvalue weighted by atomic mass is 16.3. The smallest absolute Gasteiger partial charge is 0.164 e. The van der Waals surface area contributed by atoms with Crippen molar-refractivity contribution in [1.29, 1.82) is 0 Å². The summed E-state index contributed by atoms with van der Waals surface area (Å²) in [5.41, 5.74) is 12.5. The van der Waals surface area contributed by atoms with Crippen LogP contribution in [0.4, 0.5) is 0 Å². The van der Waals surface area contributed by atoms with Crippen LogP contribution in [0.15, 0.2) is 197 Å². The predicted molar refractivity (Wildman–Crippen MR) is 228 cm³/mol. The Balaban J connectivity index is 1.12. The van der Waals surface area contributed by atoms with Crippen LogP contribution in [0.25, 0.3) is 89.2 Å². The average Bonchev–Trinajstić information content (AvgIpc) is 3.93. The Bertz CT molecular complexity index is 3310. The molecule has 0 aliphatic heterocycles. The molecule has 0 fully saturated rings. The Kier molecular flexibility index (Phi) is 6.78. The Labute approximate surface area is 327 Å². The molecular formula is C52H31N3O2. The van der Waals surface area contributed by atoms with E-state index in [1.807, 2.05) is 72.8 Å². The quantitative estimate of drug-likeness (QED) is 0.176. The number of fused-ring (bicyclic) bond motifs is 9. The number of aromatic nitrogens is 3. The van der Waals surface area contributed by atoms with Crippen LogP contribution in [-0.2, 0) is 5.41 Å². The number of nitrogens with zero attached hydrogens (tertiary/aromatic N) is 3. The van der Waals surface area contributed by atoms with E-state index >= 15 is 0 Å². The Morgan fingerprint density at radius 1 is 0.316 bits per heavy atom. The highest BCUT2D eigenvalue weighted by molar-refractivity contribution is 6.09. The molecule has 0 saturated heterocycles. The lowest BCUT2D eigenvalue weighted by Crippen LogP contribution is -2.28. The van der Waals surface area contributed by atoms with Crippen LogP contribution >= 0.6 is 0 Å². The zero-order chi connectivity index (χ0) is 37.5. The summed E-state index contributed by atoms with van der Waals surface area (Å²) in [4.78, 5) is 15.5. The number of hydrogen-bond donors (Lipinski definition) is 0. The first kappa shape index (κ1) is 31.7. The molecule has 5 nitrogen and oxygen atoms in total. The van der Waals surface area contributed by atoms with E-state index in [-0.39, 0.29) is 0 Å². The zero-order valence-corrected chi connectivity index (χ0v) is 30.6. The first-order chi connectivity index (χ1) is 28.2. The Hall–Kier alpha value is -7.63. The molecule has 57 heavy (non-hydrogen) atoms. The van der Waals surface area contributed by atoms with Gasteiger partial charge in [-0.1, -0.05) is 140 Å². The fourth-order valence-electron chi connectivity index (χ4n) is 9.06. The zero-order valence-electron chi connectivity index (χ0n) is 30.6. The van der Waals surface area contributed by atoms with Gasteiger partial charge in [0, 0.05) is 38.2 Å². The van der Waals surface area contributed by atoms with E-state index in [0.29, 0.717) is 17.5 Å². The van der Waals surface area contributed by atoms with Crippen LogP contribution in [-0.4, -0.2) is 15.0 Å². The lowest BCUT2D eigenvalue weighted by molar-refractivity contribution is 0.666. The van der Waals surface area contributed by atoms with E-state index in [2.05, 4.69) is 115 Å². The second-order valence-corrected chi connectivity index (χ2v) is 14.7. The van der Waals surface area contributed by atoms with Crippen molar-refractivity contribution in [2.75, 3.05) is 0 Å². The second-order valence-electron chi connectivity index (χ2n) is 14.7. The minimum absolute atomic E-state index is 0.597. The number of hydrogen-bond acceptors (Lipinski definition) is 5. The third-order valence-corrected chi connectivity index (χ3v) is 11.6. The van der Waals surface area contributed by atoms with Crippen LogP contribution in [0.2, 0.25) is 0 Å². The van der Waals surface area contributed by atoms with E-state index in [0.717, 1.165) is 60.6 Å². The van der Waals surface area contributed by atoms with Gasteiger partial charge in [-0.25, -0.2) is 15.0 Å². The summed E-state index contributed by atoms with van der Waals surface area (Å²) >= 11 is 0. The van der Waals surface area contributed by atoms with Crippen molar-refractivity contribution < 1.29 is 8.83 Å². The maximum atomic E-state index is 6.56. The summed E-state index contributed by atoms with van der Waals surface area (Å²) in [6.07, 6.45) is 0. The van der Waals surface area contributed by atoms with Crippen molar-refractivity contribution >= 4 is 43.9 Å². The minimum Gasteiger partial charge on any atom is -0.456 e. The van der Waals surface area contributed by atoms with Crippen molar-refractivity contribution in [3.8, 4) is 45.3 Å². The monoisotopic (exact) mass is 729 g/mol. The molecule has 8 aromatic carbocycles. The van der Waals surface area contributed by atoms with Crippen LogP contribution in [0.3, 0.4) is 0 Å². The van der Waals surface area contributed by atoms with E-state index in [4.69, 9.17) is 23.8 Å². The normalized spacial score (nSPS) is 13.1. The summed E-state index contributed by atoms with van der Waals surface area (Å²) in [7, 11) is 0. The van der Waals surface area contributed by atoms with Crippen LogP contribution in [0.1, 0.15) is 22.3 Å². The van der Waals surface area contributed by atoms with E-state index in [9.17, 15) is 0 Å². The third kappa shape index (κ3) is 4.72. The van der Waals surface area contributed by atoms with Gasteiger partial charge >= 0.3 is 0 Å². The third-order valence-electron chi connectivity index (χ3n) is 11.6. The van der Waals surface area contributed by atoms with Gasteiger partial charge in [0.2, 0.25) is 0 Å². The number of rotatable bonds is 5. The SMILES string of the molecule is c1ccc(-c2nc(-c3ccc4c(c3)C(c3ccccc3)(c3ccccc3)c3cc5oc6ccccc6c5cc3-4)nc(-c3ccc4oc5ccccc5c4c3)n2)cc1. The largest absolute Gasteiger partial charge is 0.456 e. The van der Waals surface area contributed by atoms with Gasteiger partial charge in [0.1, 0.15) is 22.3 Å². The van der Waals surface area contributed by atoms with Gasteiger partial charge in [-0.3, -0.25) is 0 Å². The molecular weight excluding hydrogens is 699 g/mol. The van der Waals surface area contributed by atoms with E-state index in [1.165, 1.54) is 33.4 Å². The molecule has 1 aliphatic carbocycles. The van der Waals surface area contributed by atoms with Gasteiger partial charge in [-0.2, -0.15) is 0 Å². The standard InChI is InChI=1S/C52H31N3O2/c1-4-14-32(15-5-1)49-53-50(33-25-27-47-41(28-33)38-20-10-12-22-45(38)56-47)55-51(54-49)34-24-26-37-40-30-42-39-21-11-13-23-46(39)57-48(42)31-44(40)52(43(37)29-34,35-16-6-2-7-17-35)36-18-8-3-9-19-36/h1-31H. The molecule has 12 rings (SSSR count). The molecule has 0 spiro atoms. The van der Waals surface area contributed by atoms with Crippen molar-refractivity contribution in [3.63, 3.8) is 0 Å². The van der Waals surface area contributed by atoms with Crippen molar-refractivity contribution in [2.24, 2.45) is 0 Å². The topological polar surface area (TPSA) is 65.0 Å². The fraction of sp³-hybridized carbons (Fsp3) is 0.0192. The first-order valence-corrected chi connectivity index (χ1v) is 19.2. The minimum atomic E-state index is -0.651. The highest BCUT2D eigenvalue weighted by Gasteiger charge is 2.47. The lowest BCUT2D eigenvalue weighted by atomic mass is 9.67. The molecule has 0 amide bonds. The van der Waals surface area contributed by atoms with Gasteiger partial charge in [0.05, 0.1) is 5.41 Å². The average molecular weight is 730 g/mol. The number of para-hydroxylation sites is 2. The molecule has 0 N–H and O–H groups in total. The summed E-state index contributed by atoms with van der Waals surface area (Å²) in [6, 6.07) is 65.7. The van der Waals surface area contributed by atoms with Gasteiger partial charge in [-0.05, 0) is 81.9 Å². The summed E-state index contributed by atoms with van der Waals surface area (Å²) in [6.45, 7) is 0. The molecule has 5 heteroatoms. The van der Waals surface area contributed by atoms with Crippen molar-refractivity contribution in [1.82, 2.24) is 15.0 Å². The van der Waals surface area contributed by atoms with E-state index in [1.54, 1.807) is 0 Å². The molecule has 11 aromatic rings. The summed E-state index contributed by atoms with van der Waals surface area (Å²) in [5, 5.41) is 4.30. The van der Waals surface area contributed by atoms with Crippen molar-refractivity contribution in [2.45, 2.75) is 5.41 Å². The van der Waals surface area contributed by atoms with E-state index < -0.39 is 5.41 Å². The predicted octanol–water partition coefficient (Wildman–Crippen LogP) is 13.0. The maximum Gasteiger partial charge on any atom is 0.164 e. The lowest BCUT2D eigenvalue weighted by Gasteiger charge is -2.34. The molecule has 0 saturated carbocycles. The van der Waals surface area contributed by atoms with Gasteiger partial charge in [-0.15, -0.1) is 0 Å². The molecule has 3 heterocycles. The fourth-order valence-corrected chi connectivity index (χ4v) is 9.06. The number of benzene rings is 8. The van der Waals surface area contributed by atoms with Crippen LogP contribution in [0.5, 0.6) is 0 Å². The van der Waals surface area contributed by atoms with Crippen LogP contribution in [0, 0.1) is 0 Å². The van der Waals surface area contributed by atoms with Gasteiger partial charge in [0.15, 0.2) is 17.5 Å². The molecule has 1 aliphatic rings. The Morgan fingerprint density at radius 3 is 1.44 bits per heavy atom. The molecule has 266 valence electrons. The number of furan rings is 2. The maximum absolute atomic E-state index is 6.56. The van der Waals surface area contributed by atoms with Gasteiger partial charge < -0.3 is 8.83 Å². The second kappa shape index (κ2) is 12.2. The summed E-state index contributed by atoms with van der Waals surface area (Å²) in [5.74, 6) is 1.81. The molecule has 0 bridgehead atoms. The Morgan fingerprint density at radius 2 is 0.789 bits per heavy atom. The molecule has 0 radical (unpaired) electrons. The van der Waals surface area contributed by atoms with Crippen molar-refractivity contribution in [3.05, 3.63) is 210 Å². The van der Waals surface area contributed by atoms with Crippen LogP contribution < -0.4 is 0 Å². The molecule has 0 atom stereocenters.